The summed E-state index contributed by atoms with van der Waals surface area (Å²) in [5.41, 5.74) is 7.35. The molecule has 0 fully saturated rings. The standard InChI is InChI=1S/C13H12ClNO/c14-11-6-2-1-5-10(11)9-16-13-8-4-3-7-12(13)15/h1-8H,9,15H2. The third-order valence-electron chi connectivity index (χ3n) is 2.26. The zero-order valence-electron chi connectivity index (χ0n) is 8.69. The molecule has 16 heavy (non-hydrogen) atoms. The Morgan fingerprint density at radius 3 is 2.44 bits per heavy atom. The van der Waals surface area contributed by atoms with E-state index in [1.165, 1.54) is 0 Å². The predicted molar refractivity (Wildman–Crippen MR) is 66.6 cm³/mol. The van der Waals surface area contributed by atoms with E-state index in [9.17, 15) is 0 Å². The van der Waals surface area contributed by atoms with Gasteiger partial charge in [0.2, 0.25) is 0 Å². The fraction of sp³-hybridized carbons (Fsp3) is 0.0769. The summed E-state index contributed by atoms with van der Waals surface area (Å²) in [7, 11) is 0. The van der Waals surface area contributed by atoms with E-state index in [0.29, 0.717) is 23.1 Å². The van der Waals surface area contributed by atoms with Crippen LogP contribution in [0.3, 0.4) is 0 Å². The zero-order valence-corrected chi connectivity index (χ0v) is 9.45. The number of rotatable bonds is 3. The van der Waals surface area contributed by atoms with Crippen molar-refractivity contribution < 1.29 is 4.74 Å². The molecule has 2 aromatic rings. The maximum atomic E-state index is 6.02. The van der Waals surface area contributed by atoms with E-state index in [-0.39, 0.29) is 0 Å². The molecule has 2 aromatic carbocycles. The van der Waals surface area contributed by atoms with Crippen LogP contribution in [0.4, 0.5) is 5.69 Å². The van der Waals surface area contributed by atoms with Crippen LogP contribution in [0.25, 0.3) is 0 Å². The van der Waals surface area contributed by atoms with Crippen molar-refractivity contribution in [2.75, 3.05) is 5.73 Å². The van der Waals surface area contributed by atoms with Crippen LogP contribution in [0.5, 0.6) is 5.75 Å². The Balaban J connectivity index is 2.09. The van der Waals surface area contributed by atoms with Crippen LogP contribution >= 0.6 is 11.6 Å². The Morgan fingerprint density at radius 1 is 1.00 bits per heavy atom. The first-order valence-electron chi connectivity index (χ1n) is 4.98. The number of ether oxygens (including phenoxy) is 1. The molecule has 0 bridgehead atoms. The van der Waals surface area contributed by atoms with Crippen molar-refractivity contribution in [3.8, 4) is 5.75 Å². The number of para-hydroxylation sites is 2. The number of nitrogens with two attached hydrogens (primary N) is 1. The number of anilines is 1. The Morgan fingerprint density at radius 2 is 1.69 bits per heavy atom. The fourth-order valence-electron chi connectivity index (χ4n) is 1.38. The summed E-state index contributed by atoms with van der Waals surface area (Å²) in [6.45, 7) is 0.424. The number of hydrogen-bond donors (Lipinski definition) is 1. The highest BCUT2D eigenvalue weighted by Crippen LogP contribution is 2.23. The van der Waals surface area contributed by atoms with Crippen LogP contribution in [0.15, 0.2) is 48.5 Å². The lowest BCUT2D eigenvalue weighted by atomic mass is 10.2. The van der Waals surface area contributed by atoms with Crippen molar-refractivity contribution in [3.05, 3.63) is 59.1 Å². The summed E-state index contributed by atoms with van der Waals surface area (Å²) in [6.07, 6.45) is 0. The van der Waals surface area contributed by atoms with Gasteiger partial charge in [-0.1, -0.05) is 41.9 Å². The molecular formula is C13H12ClNO. The normalized spacial score (nSPS) is 10.1. The molecule has 2 rings (SSSR count). The summed E-state index contributed by atoms with van der Waals surface area (Å²) in [6, 6.07) is 15.0. The van der Waals surface area contributed by atoms with Crippen LogP contribution in [-0.2, 0) is 6.61 Å². The fourth-order valence-corrected chi connectivity index (χ4v) is 1.57. The predicted octanol–water partition coefficient (Wildman–Crippen LogP) is 3.50. The second-order valence-electron chi connectivity index (χ2n) is 3.42. The molecule has 0 heterocycles. The average molecular weight is 234 g/mol. The molecule has 0 saturated carbocycles. The number of halogens is 1. The molecule has 0 spiro atoms. The number of benzene rings is 2. The van der Waals surface area contributed by atoms with Gasteiger partial charge in [-0.05, 0) is 18.2 Å². The maximum absolute atomic E-state index is 6.02. The monoisotopic (exact) mass is 233 g/mol. The van der Waals surface area contributed by atoms with Crippen molar-refractivity contribution >= 4 is 17.3 Å². The van der Waals surface area contributed by atoms with Gasteiger partial charge in [0, 0.05) is 10.6 Å². The molecular weight excluding hydrogens is 222 g/mol. The molecule has 0 radical (unpaired) electrons. The summed E-state index contributed by atoms with van der Waals surface area (Å²) in [5.74, 6) is 0.683. The third-order valence-corrected chi connectivity index (χ3v) is 2.63. The van der Waals surface area contributed by atoms with Crippen molar-refractivity contribution in [3.63, 3.8) is 0 Å². The van der Waals surface area contributed by atoms with Gasteiger partial charge in [-0.25, -0.2) is 0 Å². The first-order chi connectivity index (χ1) is 7.77. The maximum Gasteiger partial charge on any atom is 0.142 e. The van der Waals surface area contributed by atoms with Gasteiger partial charge in [0.15, 0.2) is 0 Å². The van der Waals surface area contributed by atoms with E-state index < -0.39 is 0 Å². The largest absolute Gasteiger partial charge is 0.487 e. The first kappa shape index (κ1) is 10.8. The number of nitrogen functional groups attached to an aromatic ring is 1. The van der Waals surface area contributed by atoms with Crippen molar-refractivity contribution in [2.45, 2.75) is 6.61 Å². The van der Waals surface area contributed by atoms with Crippen LogP contribution in [0.2, 0.25) is 5.02 Å². The Bertz CT molecular complexity index is 439. The van der Waals surface area contributed by atoms with Crippen LogP contribution in [0.1, 0.15) is 5.56 Å². The third kappa shape index (κ3) is 2.47. The van der Waals surface area contributed by atoms with Gasteiger partial charge < -0.3 is 10.5 Å². The van der Waals surface area contributed by atoms with Crippen LogP contribution < -0.4 is 10.5 Å². The lowest BCUT2D eigenvalue weighted by Crippen LogP contribution is -1.98. The molecule has 0 aliphatic carbocycles. The minimum Gasteiger partial charge on any atom is -0.487 e. The first-order valence-corrected chi connectivity index (χ1v) is 5.36. The summed E-state index contributed by atoms with van der Waals surface area (Å²) >= 11 is 6.02. The highest BCUT2D eigenvalue weighted by atomic mass is 35.5. The van der Waals surface area contributed by atoms with Crippen molar-refractivity contribution in [1.82, 2.24) is 0 Å². The molecule has 0 atom stereocenters. The van der Waals surface area contributed by atoms with E-state index in [4.69, 9.17) is 22.1 Å². The Kier molecular flexibility index (Phi) is 3.32. The highest BCUT2D eigenvalue weighted by Gasteiger charge is 2.02. The van der Waals surface area contributed by atoms with Crippen LogP contribution in [0, 0.1) is 0 Å². The molecule has 82 valence electrons. The van der Waals surface area contributed by atoms with Crippen molar-refractivity contribution in [1.29, 1.82) is 0 Å². The Hall–Kier alpha value is -1.67. The molecule has 2 N–H and O–H groups in total. The molecule has 0 aromatic heterocycles. The van der Waals surface area contributed by atoms with Gasteiger partial charge in [0.05, 0.1) is 5.69 Å². The minimum absolute atomic E-state index is 0.424. The quantitative estimate of drug-likeness (QED) is 0.824. The van der Waals surface area contributed by atoms with Crippen LogP contribution in [-0.4, -0.2) is 0 Å². The molecule has 0 aliphatic rings. The number of hydrogen-bond acceptors (Lipinski definition) is 2. The van der Waals surface area contributed by atoms with E-state index in [2.05, 4.69) is 0 Å². The molecule has 0 saturated heterocycles. The molecule has 0 amide bonds. The highest BCUT2D eigenvalue weighted by molar-refractivity contribution is 6.31. The molecule has 3 heteroatoms. The zero-order chi connectivity index (χ0) is 11.4. The summed E-state index contributed by atoms with van der Waals surface area (Å²) < 4.78 is 5.59. The molecule has 0 aliphatic heterocycles. The second-order valence-corrected chi connectivity index (χ2v) is 3.83. The van der Waals surface area contributed by atoms with E-state index >= 15 is 0 Å². The van der Waals surface area contributed by atoms with E-state index in [1.54, 1.807) is 0 Å². The van der Waals surface area contributed by atoms with E-state index in [0.717, 1.165) is 5.56 Å². The van der Waals surface area contributed by atoms with Gasteiger partial charge in [-0.3, -0.25) is 0 Å². The van der Waals surface area contributed by atoms with Crippen molar-refractivity contribution in [2.24, 2.45) is 0 Å². The summed E-state index contributed by atoms with van der Waals surface area (Å²) in [5, 5.41) is 0.706. The summed E-state index contributed by atoms with van der Waals surface area (Å²) in [4.78, 5) is 0. The molecule has 0 unspecified atom stereocenters. The minimum atomic E-state index is 0.424. The van der Waals surface area contributed by atoms with Gasteiger partial charge in [0.1, 0.15) is 12.4 Å². The SMILES string of the molecule is Nc1ccccc1OCc1ccccc1Cl. The van der Waals surface area contributed by atoms with E-state index in [1.807, 2.05) is 48.5 Å². The molecule has 2 nitrogen and oxygen atoms in total. The lowest BCUT2D eigenvalue weighted by molar-refractivity contribution is 0.308. The lowest BCUT2D eigenvalue weighted by Gasteiger charge is -2.09. The average Bonchev–Trinajstić information content (AvgIpc) is 2.30. The van der Waals surface area contributed by atoms with Gasteiger partial charge >= 0.3 is 0 Å². The topological polar surface area (TPSA) is 35.2 Å². The smallest absolute Gasteiger partial charge is 0.142 e. The Labute approximate surface area is 99.6 Å². The van der Waals surface area contributed by atoms with Gasteiger partial charge in [0.25, 0.3) is 0 Å². The van der Waals surface area contributed by atoms with Gasteiger partial charge in [-0.2, -0.15) is 0 Å². The van der Waals surface area contributed by atoms with Gasteiger partial charge in [-0.15, -0.1) is 0 Å². The second kappa shape index (κ2) is 4.90.